The highest BCUT2D eigenvalue weighted by Gasteiger charge is 2.08. The molecule has 0 saturated heterocycles. The Labute approximate surface area is 298 Å². The van der Waals surface area contributed by atoms with Crippen LogP contribution in [0.4, 0.5) is 0 Å². The maximum Gasteiger partial charge on any atom is 0.338 e. The Morgan fingerprint density at radius 3 is 1.24 bits per heavy atom. The molecule has 0 aliphatic heterocycles. The zero-order valence-corrected chi connectivity index (χ0v) is 29.8. The molecule has 0 saturated carbocycles. The van der Waals surface area contributed by atoms with Crippen molar-refractivity contribution in [2.45, 2.75) is 90.9 Å². The summed E-state index contributed by atoms with van der Waals surface area (Å²) in [5, 5.41) is 0. The Morgan fingerprint density at radius 2 is 0.840 bits per heavy atom. The quantitative estimate of drug-likeness (QED) is 0.0647. The molecule has 0 amide bonds. The van der Waals surface area contributed by atoms with Gasteiger partial charge in [-0.15, -0.1) is 0 Å². The fourth-order valence-corrected chi connectivity index (χ4v) is 5.49. The number of carbonyl (C=O) groups excluding carboxylic acids is 2. The first-order valence-electron chi connectivity index (χ1n) is 18.4. The third-order valence-corrected chi connectivity index (χ3v) is 8.52. The van der Waals surface area contributed by atoms with Crippen LogP contribution in [0.5, 0.6) is 0 Å². The van der Waals surface area contributed by atoms with Crippen molar-refractivity contribution in [2.75, 3.05) is 13.2 Å². The van der Waals surface area contributed by atoms with Crippen LogP contribution in [-0.2, 0) is 9.47 Å². The second kappa shape index (κ2) is 22.0. The van der Waals surface area contributed by atoms with E-state index in [2.05, 4.69) is 23.8 Å². The first kappa shape index (κ1) is 38.0. The highest BCUT2D eigenvalue weighted by molar-refractivity contribution is 5.90. The Bertz CT molecular complexity index is 1530. The van der Waals surface area contributed by atoms with Gasteiger partial charge >= 0.3 is 11.9 Å². The van der Waals surface area contributed by atoms with Crippen molar-refractivity contribution in [1.82, 2.24) is 9.97 Å². The number of hydrogen-bond acceptors (Lipinski definition) is 6. The predicted octanol–water partition coefficient (Wildman–Crippen LogP) is 11.5. The van der Waals surface area contributed by atoms with E-state index in [1.165, 1.54) is 51.4 Å². The van der Waals surface area contributed by atoms with Crippen LogP contribution in [0.3, 0.4) is 0 Å². The van der Waals surface area contributed by atoms with Gasteiger partial charge in [-0.1, -0.05) is 127 Å². The average molecular weight is 673 g/mol. The fraction of sp³-hybridized carbons (Fsp3) is 0.364. The molecule has 50 heavy (non-hydrogen) atoms. The Hall–Kier alpha value is -4.84. The molecule has 0 unspecified atom stereocenters. The number of unbranched alkanes of at least 4 members (excludes halogenated alkanes) is 10. The predicted molar refractivity (Wildman–Crippen MR) is 206 cm³/mol. The summed E-state index contributed by atoms with van der Waals surface area (Å²) in [6, 6.07) is 22.8. The molecule has 0 aliphatic carbocycles. The van der Waals surface area contributed by atoms with Gasteiger partial charge in [0.1, 0.15) is 0 Å². The van der Waals surface area contributed by atoms with E-state index in [4.69, 9.17) is 9.47 Å². The van der Waals surface area contributed by atoms with Gasteiger partial charge in [-0.3, -0.25) is 9.97 Å². The van der Waals surface area contributed by atoms with E-state index in [1.54, 1.807) is 12.4 Å². The molecule has 4 rings (SSSR count). The van der Waals surface area contributed by atoms with Gasteiger partial charge in [-0.2, -0.15) is 0 Å². The molecular formula is C44H52N2O4. The van der Waals surface area contributed by atoms with Gasteiger partial charge in [0.05, 0.1) is 35.7 Å². The first-order chi connectivity index (χ1) is 24.6. The molecule has 6 heteroatoms. The van der Waals surface area contributed by atoms with Crippen LogP contribution in [-0.4, -0.2) is 35.1 Å². The lowest BCUT2D eigenvalue weighted by molar-refractivity contribution is 0.0488. The van der Waals surface area contributed by atoms with Crippen molar-refractivity contribution in [2.24, 2.45) is 0 Å². The molecule has 0 atom stereocenters. The summed E-state index contributed by atoms with van der Waals surface area (Å²) in [5.74, 6) is -0.544. The minimum Gasteiger partial charge on any atom is -0.462 e. The lowest BCUT2D eigenvalue weighted by atomic mass is 10.1. The molecule has 2 aromatic carbocycles. The number of pyridine rings is 2. The van der Waals surface area contributed by atoms with Crippen LogP contribution in [0.25, 0.3) is 35.7 Å². The Morgan fingerprint density at radius 1 is 0.480 bits per heavy atom. The standard InChI is InChI=1S/C44H52N2O4/c1-3-5-7-9-11-13-31-49-43(47)39-23-19-35(20-24-39)15-17-37-27-29-45-41(33-37)42-34-38(28-30-46-42)18-16-36-21-25-40(26-22-36)44(48)50-32-14-12-10-8-6-4-2/h15-30,33-34H,3-14,31-32H2,1-2H3/b17-15+,18-16+. The van der Waals surface area contributed by atoms with E-state index < -0.39 is 0 Å². The third-order valence-electron chi connectivity index (χ3n) is 8.52. The van der Waals surface area contributed by atoms with Crippen LogP contribution in [0.2, 0.25) is 0 Å². The number of ether oxygens (including phenoxy) is 2. The van der Waals surface area contributed by atoms with Gasteiger partial charge < -0.3 is 9.47 Å². The Balaban J connectivity index is 1.26. The summed E-state index contributed by atoms with van der Waals surface area (Å²) >= 11 is 0. The number of benzene rings is 2. The molecule has 262 valence electrons. The minimum absolute atomic E-state index is 0.272. The van der Waals surface area contributed by atoms with Crippen LogP contribution >= 0.6 is 0 Å². The lowest BCUT2D eigenvalue weighted by Crippen LogP contribution is -2.06. The van der Waals surface area contributed by atoms with Gasteiger partial charge in [0, 0.05) is 12.4 Å². The Kier molecular flexibility index (Phi) is 16.7. The van der Waals surface area contributed by atoms with Crippen molar-refractivity contribution in [3.63, 3.8) is 0 Å². The van der Waals surface area contributed by atoms with Gasteiger partial charge in [0.25, 0.3) is 0 Å². The SMILES string of the molecule is CCCCCCCCOC(=O)c1ccc(/C=C/c2ccnc(-c3cc(/C=C/c4ccc(C(=O)OCCCCCCCC)cc4)ccn3)c2)cc1. The number of nitrogens with zero attached hydrogens (tertiary/aromatic N) is 2. The topological polar surface area (TPSA) is 78.4 Å². The van der Waals surface area contributed by atoms with Gasteiger partial charge in [0.2, 0.25) is 0 Å². The number of hydrogen-bond donors (Lipinski definition) is 0. The normalized spacial score (nSPS) is 11.3. The molecule has 0 N–H and O–H groups in total. The van der Waals surface area contributed by atoms with Crippen LogP contribution in [0.15, 0.2) is 85.2 Å². The zero-order valence-electron chi connectivity index (χ0n) is 29.8. The third kappa shape index (κ3) is 13.6. The molecule has 0 fully saturated rings. The van der Waals surface area contributed by atoms with E-state index in [0.29, 0.717) is 24.3 Å². The first-order valence-corrected chi connectivity index (χ1v) is 18.4. The largest absolute Gasteiger partial charge is 0.462 e. The number of aromatic nitrogens is 2. The molecule has 0 bridgehead atoms. The van der Waals surface area contributed by atoms with Gasteiger partial charge in [0.15, 0.2) is 0 Å². The molecule has 6 nitrogen and oxygen atoms in total. The van der Waals surface area contributed by atoms with E-state index in [-0.39, 0.29) is 11.9 Å². The number of esters is 2. The molecule has 2 heterocycles. The van der Waals surface area contributed by atoms with E-state index >= 15 is 0 Å². The number of rotatable bonds is 21. The van der Waals surface area contributed by atoms with E-state index in [0.717, 1.165) is 59.3 Å². The zero-order chi connectivity index (χ0) is 35.2. The molecule has 4 aromatic rings. The lowest BCUT2D eigenvalue weighted by Gasteiger charge is -2.05. The summed E-state index contributed by atoms with van der Waals surface area (Å²) in [6.07, 6.45) is 25.5. The summed E-state index contributed by atoms with van der Waals surface area (Å²) < 4.78 is 10.9. The highest BCUT2D eigenvalue weighted by atomic mass is 16.5. The average Bonchev–Trinajstić information content (AvgIpc) is 3.16. The fourth-order valence-electron chi connectivity index (χ4n) is 5.49. The van der Waals surface area contributed by atoms with Crippen LogP contribution in [0, 0.1) is 0 Å². The van der Waals surface area contributed by atoms with Crippen molar-refractivity contribution in [1.29, 1.82) is 0 Å². The maximum absolute atomic E-state index is 12.4. The summed E-state index contributed by atoms with van der Waals surface area (Å²) in [6.45, 7) is 5.36. The van der Waals surface area contributed by atoms with Crippen LogP contribution < -0.4 is 0 Å². The van der Waals surface area contributed by atoms with Crippen LogP contribution in [0.1, 0.15) is 134 Å². The van der Waals surface area contributed by atoms with Gasteiger partial charge in [-0.05, 0) is 83.6 Å². The minimum atomic E-state index is -0.272. The highest BCUT2D eigenvalue weighted by Crippen LogP contribution is 2.20. The molecule has 0 spiro atoms. The van der Waals surface area contributed by atoms with Crippen molar-refractivity contribution in [3.05, 3.63) is 119 Å². The molecule has 2 aromatic heterocycles. The smallest absolute Gasteiger partial charge is 0.338 e. The van der Waals surface area contributed by atoms with Gasteiger partial charge in [-0.25, -0.2) is 9.59 Å². The van der Waals surface area contributed by atoms with Crippen molar-refractivity contribution in [3.8, 4) is 11.4 Å². The number of carbonyl (C=O) groups is 2. The summed E-state index contributed by atoms with van der Waals surface area (Å²) in [7, 11) is 0. The maximum atomic E-state index is 12.4. The second-order valence-corrected chi connectivity index (χ2v) is 12.7. The molecule has 0 aliphatic rings. The summed E-state index contributed by atoms with van der Waals surface area (Å²) in [5.41, 5.74) is 6.63. The van der Waals surface area contributed by atoms with Crippen molar-refractivity contribution < 1.29 is 19.1 Å². The van der Waals surface area contributed by atoms with E-state index in [1.807, 2.05) is 97.1 Å². The van der Waals surface area contributed by atoms with E-state index in [9.17, 15) is 9.59 Å². The van der Waals surface area contributed by atoms with Crippen molar-refractivity contribution >= 4 is 36.2 Å². The second-order valence-electron chi connectivity index (χ2n) is 12.7. The molecular weight excluding hydrogens is 620 g/mol. The molecule has 0 radical (unpaired) electrons. The summed E-state index contributed by atoms with van der Waals surface area (Å²) in [4.78, 5) is 33.9. The monoisotopic (exact) mass is 672 g/mol.